The van der Waals surface area contributed by atoms with Crippen molar-refractivity contribution < 1.29 is 163 Å². The van der Waals surface area contributed by atoms with E-state index in [1.54, 1.807) is 0 Å². The second-order valence-corrected chi connectivity index (χ2v) is 6.94. The summed E-state index contributed by atoms with van der Waals surface area (Å²) in [5.74, 6) is 0. The Morgan fingerprint density at radius 3 is 0.500 bits per heavy atom. The van der Waals surface area contributed by atoms with Crippen molar-refractivity contribution in [3.05, 3.63) is 0 Å². The molecule has 0 aliphatic heterocycles. The molecule has 0 aliphatic carbocycles. The van der Waals surface area contributed by atoms with E-state index in [4.69, 9.17) is 17.5 Å². The van der Waals surface area contributed by atoms with E-state index < -0.39 is 52.0 Å². The molecule has 30 heavy (non-hydrogen) atoms. The minimum atomic E-state index is -5.31. The van der Waals surface area contributed by atoms with Gasteiger partial charge in [0.25, 0.3) is 0 Å². The van der Waals surface area contributed by atoms with Crippen LogP contribution >= 0.6 is 0 Å². The first-order chi connectivity index (χ1) is 10.4. The number of quaternary nitrogens is 2. The molecule has 0 rings (SSSR count). The molecule has 0 saturated carbocycles. The average Bonchev–Trinajstić information content (AvgIpc) is 2.18. The van der Waals surface area contributed by atoms with Crippen molar-refractivity contribution in [1.29, 1.82) is 0 Å². The minimum absolute atomic E-state index is 0. The van der Waals surface area contributed by atoms with E-state index in [9.17, 15) is 51.9 Å². The number of rotatable bonds is 6. The quantitative estimate of drug-likeness (QED) is 0.0908. The fraction of sp³-hybridized carbons (Fsp3) is 0. The molecule has 0 saturated heterocycles. The molecule has 0 heterocycles. The van der Waals surface area contributed by atoms with E-state index in [1.807, 2.05) is 0 Å². The zero-order chi connectivity index (χ0) is 21.3. The molecule has 30 heteroatoms. The van der Waals surface area contributed by atoms with Gasteiger partial charge in [-0.25, -0.2) is 33.7 Å². The molecule has 0 fully saturated rings. The van der Waals surface area contributed by atoms with Gasteiger partial charge in [0.1, 0.15) is 0 Å². The molecule has 22 nitrogen and oxygen atoms in total. The maximum absolute atomic E-state index is 9.37. The van der Waals surface area contributed by atoms with Crippen molar-refractivity contribution in [3.63, 3.8) is 0 Å². The summed E-state index contributed by atoms with van der Waals surface area (Å²) in [5, 5.41) is 0. The SMILES string of the molecule is O=S(=O)([O-])OOS(=O)(=O)[O-].O=S(=O)([O-])OOS(=O)(=O)[O-].O=S(=O)([O-])[O-].[Cu+2].[NH4+].[NH4+].[Na+].[Na+]. The van der Waals surface area contributed by atoms with E-state index in [-0.39, 0.29) is 88.5 Å². The molecule has 0 aromatic rings. The predicted octanol–water partition coefficient (Wildman–Crippen LogP) is -10.9. The van der Waals surface area contributed by atoms with Crippen molar-refractivity contribution in [1.82, 2.24) is 12.3 Å². The first-order valence-electron chi connectivity index (χ1n) is 3.67. The minimum Gasteiger partial charge on any atom is -0.759 e. The van der Waals surface area contributed by atoms with Gasteiger partial charge in [-0.1, -0.05) is 0 Å². The van der Waals surface area contributed by atoms with Gasteiger partial charge in [-0.3, -0.25) is 8.42 Å². The second kappa shape index (κ2) is 21.3. The van der Waals surface area contributed by atoms with Crippen LogP contribution in [0.1, 0.15) is 0 Å². The predicted molar refractivity (Wildman–Crippen MR) is 65.6 cm³/mol. The Morgan fingerprint density at radius 1 is 0.400 bits per heavy atom. The van der Waals surface area contributed by atoms with E-state index in [1.165, 1.54) is 0 Å². The molecule has 8 N–H and O–H groups in total. The van der Waals surface area contributed by atoms with Crippen molar-refractivity contribution in [2.24, 2.45) is 0 Å². The van der Waals surface area contributed by atoms with Crippen LogP contribution < -0.4 is 71.4 Å². The largest absolute Gasteiger partial charge is 2.00 e. The van der Waals surface area contributed by atoms with Crippen LogP contribution in [0.4, 0.5) is 0 Å². The van der Waals surface area contributed by atoms with E-state index in [0.717, 1.165) is 0 Å². The van der Waals surface area contributed by atoms with Crippen LogP contribution in [-0.2, 0) is 86.4 Å². The van der Waals surface area contributed by atoms with Gasteiger partial charge in [-0.05, 0) is 0 Å². The maximum Gasteiger partial charge on any atom is 2.00 e. The molecule has 0 atom stereocenters. The summed E-state index contributed by atoms with van der Waals surface area (Å²) in [6, 6.07) is 0. The topological polar surface area (TPSA) is 419 Å². The van der Waals surface area contributed by atoms with Crippen LogP contribution in [0.15, 0.2) is 0 Å². The van der Waals surface area contributed by atoms with E-state index in [0.29, 0.717) is 0 Å². The van der Waals surface area contributed by atoms with Gasteiger partial charge in [-0.15, -0.1) is 17.3 Å². The average molecular weight is 626 g/mol. The van der Waals surface area contributed by atoms with Crippen molar-refractivity contribution >= 4 is 52.0 Å². The van der Waals surface area contributed by atoms with Crippen LogP contribution in [0.5, 0.6) is 0 Å². The van der Waals surface area contributed by atoms with Crippen molar-refractivity contribution in [2.75, 3.05) is 0 Å². The number of hydrogen-bond acceptors (Lipinski definition) is 20. The summed E-state index contributed by atoms with van der Waals surface area (Å²) >= 11 is 0. The molecule has 0 unspecified atom stereocenters. The normalized spacial score (nSPS) is 10.9. The Kier molecular flexibility index (Phi) is 37.9. The summed E-state index contributed by atoms with van der Waals surface area (Å²) in [5.41, 5.74) is 0. The third kappa shape index (κ3) is 99.0. The Balaban J connectivity index is -0.0000000389. The molecule has 0 amide bonds. The summed E-state index contributed by atoms with van der Waals surface area (Å²) < 4.78 is 157. The van der Waals surface area contributed by atoms with E-state index in [2.05, 4.69) is 17.3 Å². The Bertz CT molecular complexity index is 775. The number of hydrogen-bond donors (Lipinski definition) is 2. The van der Waals surface area contributed by atoms with Gasteiger partial charge < -0.3 is 39.6 Å². The fourth-order valence-electron chi connectivity index (χ4n) is 0.136. The molecule has 0 spiro atoms. The smallest absolute Gasteiger partial charge is 0.759 e. The molecule has 0 aromatic carbocycles. The third-order valence-electron chi connectivity index (χ3n) is 0.389. The standard InChI is InChI=1S/Cu.2H3N.2Na.2H2O8S2.H2O4S/c;;;;;2*1-9(2,3)7-8-10(4,5)6;1-5(2,3)4/h;2*1H3;;;2*(H,1,2,3)(H,4,5,6);(H2,1,2,3,4)/q+2;;;2*+1;;;/p-4. The summed E-state index contributed by atoms with van der Waals surface area (Å²) in [6.07, 6.45) is 0. The van der Waals surface area contributed by atoms with Crippen LogP contribution in [0.3, 0.4) is 0 Å². The molecule has 1 radical (unpaired) electrons. The maximum atomic E-state index is 9.37. The van der Waals surface area contributed by atoms with Gasteiger partial charge in [0.2, 0.25) is 41.6 Å². The first kappa shape index (κ1) is 53.2. The van der Waals surface area contributed by atoms with Crippen LogP contribution in [-0.4, -0.2) is 69.4 Å². The molecule has 181 valence electrons. The Labute approximate surface area is 224 Å². The zero-order valence-electron chi connectivity index (χ0n) is 14.5. The summed E-state index contributed by atoms with van der Waals surface area (Å²) in [7, 11) is -26.4. The monoisotopic (exact) mass is 625 g/mol. The van der Waals surface area contributed by atoms with Crippen molar-refractivity contribution in [2.45, 2.75) is 0 Å². The Hall–Kier alpha value is 1.79. The summed E-state index contributed by atoms with van der Waals surface area (Å²) in [4.78, 5) is 0. The van der Waals surface area contributed by atoms with E-state index >= 15 is 0 Å². The molecular weight excluding hydrogens is 618 g/mol. The van der Waals surface area contributed by atoms with Gasteiger partial charge >= 0.3 is 76.2 Å². The van der Waals surface area contributed by atoms with Crippen molar-refractivity contribution in [3.8, 4) is 0 Å². The molecule has 0 bridgehead atoms. The van der Waals surface area contributed by atoms with Gasteiger partial charge in [0, 0.05) is 10.4 Å². The molecular formula is H8CuN2Na2O20S5. The van der Waals surface area contributed by atoms with Gasteiger partial charge in [-0.2, -0.15) is 0 Å². The van der Waals surface area contributed by atoms with Crippen LogP contribution in [0, 0.1) is 0 Å². The fourth-order valence-corrected chi connectivity index (χ4v) is 1.22. The third-order valence-corrected chi connectivity index (χ3v) is 1.50. The van der Waals surface area contributed by atoms with Gasteiger partial charge in [0.15, 0.2) is 0 Å². The Morgan fingerprint density at radius 2 is 0.467 bits per heavy atom. The zero-order valence-corrected chi connectivity index (χ0v) is 23.5. The summed E-state index contributed by atoms with van der Waals surface area (Å²) in [6.45, 7) is 0. The van der Waals surface area contributed by atoms with Crippen LogP contribution in [0.2, 0.25) is 0 Å². The van der Waals surface area contributed by atoms with Crippen LogP contribution in [0.25, 0.3) is 0 Å². The molecule has 0 aromatic heterocycles. The van der Waals surface area contributed by atoms with Gasteiger partial charge in [0.05, 0.1) is 0 Å². The first-order valence-corrected chi connectivity index (χ1v) is 10.3. The molecule has 0 aliphatic rings. The second-order valence-electron chi connectivity index (χ2n) is 2.31.